The summed E-state index contributed by atoms with van der Waals surface area (Å²) in [7, 11) is 0. The number of nitrogens with one attached hydrogen (secondary N) is 1. The number of carbonyl (C=O) groups is 1. The van der Waals surface area contributed by atoms with Crippen LogP contribution in [0.15, 0.2) is 42.0 Å². The van der Waals surface area contributed by atoms with Crippen LogP contribution < -0.4 is 16.0 Å². The van der Waals surface area contributed by atoms with Crippen LogP contribution in [0, 0.1) is 17.6 Å². The fraction of sp³-hybridized carbons (Fsp3) is 0.348. The minimum absolute atomic E-state index is 0.0668. The number of hydrogen-bond acceptors (Lipinski definition) is 6. The van der Waals surface area contributed by atoms with Crippen molar-refractivity contribution in [3.63, 3.8) is 0 Å². The Balaban J connectivity index is 1.51. The molecule has 3 N–H and O–H groups in total. The molecule has 0 saturated carbocycles. The summed E-state index contributed by atoms with van der Waals surface area (Å²) in [5.41, 5.74) is 7.64. The summed E-state index contributed by atoms with van der Waals surface area (Å²) in [6.45, 7) is 3.71. The summed E-state index contributed by atoms with van der Waals surface area (Å²) in [4.78, 5) is 23.3. The number of carbonyl (C=O) groups excluding carboxylic acids is 1. The van der Waals surface area contributed by atoms with E-state index in [1.807, 2.05) is 6.07 Å². The maximum atomic E-state index is 14.1. The van der Waals surface area contributed by atoms with Crippen molar-refractivity contribution in [1.82, 2.24) is 9.97 Å². The number of benzene rings is 1. The maximum Gasteiger partial charge on any atom is 0.275 e. The van der Waals surface area contributed by atoms with Crippen LogP contribution in [0.5, 0.6) is 0 Å². The smallest absolute Gasteiger partial charge is 0.275 e. The van der Waals surface area contributed by atoms with E-state index < -0.39 is 17.5 Å². The molecule has 2 unspecified atom stereocenters. The van der Waals surface area contributed by atoms with E-state index in [4.69, 9.17) is 5.73 Å². The lowest BCUT2D eigenvalue weighted by atomic mass is 9.88. The van der Waals surface area contributed by atoms with Crippen LogP contribution >= 0.6 is 11.3 Å². The van der Waals surface area contributed by atoms with Gasteiger partial charge in [0, 0.05) is 30.7 Å². The molecule has 32 heavy (non-hydrogen) atoms. The maximum absolute atomic E-state index is 14.1. The lowest BCUT2D eigenvalue weighted by molar-refractivity contribution is 0.102. The number of thiazole rings is 1. The largest absolute Gasteiger partial charge is 0.368 e. The van der Waals surface area contributed by atoms with E-state index in [0.29, 0.717) is 18.2 Å². The van der Waals surface area contributed by atoms with Crippen molar-refractivity contribution in [2.75, 3.05) is 23.3 Å². The van der Waals surface area contributed by atoms with Gasteiger partial charge in [0.15, 0.2) is 0 Å². The third kappa shape index (κ3) is 4.63. The first-order valence-electron chi connectivity index (χ1n) is 10.6. The summed E-state index contributed by atoms with van der Waals surface area (Å²) in [5.74, 6) is -1.40. The summed E-state index contributed by atoms with van der Waals surface area (Å²) >= 11 is 1.01. The van der Waals surface area contributed by atoms with Gasteiger partial charge in [-0.3, -0.25) is 9.78 Å². The standard InChI is InChI=1S/C23H25F2N5OS/c1-2-4-14-8-10-30(12-17(14)26)20-7-9-27-11-18(20)28-22(31)19-13-32-23(29-19)21-15(24)5-3-6-16(21)25/h3,5-7,9,11,13-14,17H,2,4,8,10,12,26H2,1H3,(H,28,31). The fourth-order valence-electron chi connectivity index (χ4n) is 4.12. The monoisotopic (exact) mass is 457 g/mol. The van der Waals surface area contributed by atoms with Gasteiger partial charge < -0.3 is 16.0 Å². The van der Waals surface area contributed by atoms with Crippen molar-refractivity contribution < 1.29 is 13.6 Å². The molecule has 6 nitrogen and oxygen atoms in total. The molecule has 1 aliphatic heterocycles. The number of amides is 1. The zero-order valence-corrected chi connectivity index (χ0v) is 18.5. The summed E-state index contributed by atoms with van der Waals surface area (Å²) in [5, 5.41) is 4.44. The Bertz CT molecular complexity index is 1090. The van der Waals surface area contributed by atoms with E-state index in [1.54, 1.807) is 12.4 Å². The van der Waals surface area contributed by atoms with Crippen LogP contribution in [0.25, 0.3) is 10.6 Å². The number of hydrogen-bond donors (Lipinski definition) is 2. The molecular formula is C23H25F2N5OS. The first kappa shape index (κ1) is 22.3. The highest BCUT2D eigenvalue weighted by atomic mass is 32.1. The lowest BCUT2D eigenvalue weighted by Crippen LogP contribution is -2.48. The Morgan fingerprint density at radius 1 is 1.31 bits per heavy atom. The molecule has 1 aliphatic rings. The Labute approximate surface area is 189 Å². The van der Waals surface area contributed by atoms with E-state index in [-0.39, 0.29) is 22.3 Å². The minimum atomic E-state index is -0.719. The number of anilines is 2. The minimum Gasteiger partial charge on any atom is -0.368 e. The number of nitrogens with two attached hydrogens (primary N) is 1. The summed E-state index contributed by atoms with van der Waals surface area (Å²) in [6, 6.07) is 5.53. The quantitative estimate of drug-likeness (QED) is 0.561. The number of nitrogens with zero attached hydrogens (tertiary/aromatic N) is 3. The van der Waals surface area contributed by atoms with E-state index in [2.05, 4.69) is 27.1 Å². The average Bonchev–Trinajstić information content (AvgIpc) is 3.25. The molecule has 0 bridgehead atoms. The Morgan fingerprint density at radius 2 is 2.09 bits per heavy atom. The molecule has 2 atom stereocenters. The number of aromatic nitrogens is 2. The van der Waals surface area contributed by atoms with Gasteiger partial charge >= 0.3 is 0 Å². The predicted molar refractivity (Wildman–Crippen MR) is 123 cm³/mol. The first-order valence-corrected chi connectivity index (χ1v) is 11.5. The topological polar surface area (TPSA) is 84.1 Å². The SMILES string of the molecule is CCCC1CCN(c2ccncc2NC(=O)c2csc(-c3c(F)cccc3F)n2)CC1N. The molecule has 1 aromatic carbocycles. The van der Waals surface area contributed by atoms with Gasteiger partial charge in [0.1, 0.15) is 22.3 Å². The molecule has 1 fully saturated rings. The van der Waals surface area contributed by atoms with Crippen molar-refractivity contribution in [2.45, 2.75) is 32.2 Å². The third-order valence-corrected chi connectivity index (χ3v) is 6.63. The second kappa shape index (κ2) is 9.70. The highest BCUT2D eigenvalue weighted by molar-refractivity contribution is 7.13. The summed E-state index contributed by atoms with van der Waals surface area (Å²) in [6.07, 6.45) is 6.48. The molecule has 3 heterocycles. The Hall–Kier alpha value is -2.91. The van der Waals surface area contributed by atoms with Gasteiger partial charge in [0.25, 0.3) is 5.91 Å². The van der Waals surface area contributed by atoms with Crippen molar-refractivity contribution in [2.24, 2.45) is 11.7 Å². The van der Waals surface area contributed by atoms with E-state index in [9.17, 15) is 13.6 Å². The molecule has 2 aromatic heterocycles. The highest BCUT2D eigenvalue weighted by Gasteiger charge is 2.27. The predicted octanol–water partition coefficient (Wildman–Crippen LogP) is 4.69. The Morgan fingerprint density at radius 3 is 2.81 bits per heavy atom. The molecule has 4 rings (SSSR count). The molecule has 0 aliphatic carbocycles. The van der Waals surface area contributed by atoms with Gasteiger partial charge in [-0.2, -0.15) is 0 Å². The van der Waals surface area contributed by atoms with Gasteiger partial charge in [-0.1, -0.05) is 19.4 Å². The average molecular weight is 458 g/mol. The number of piperidine rings is 1. The van der Waals surface area contributed by atoms with Crippen molar-refractivity contribution in [1.29, 1.82) is 0 Å². The van der Waals surface area contributed by atoms with Crippen LogP contribution in [-0.4, -0.2) is 35.0 Å². The fourth-order valence-corrected chi connectivity index (χ4v) is 4.97. The molecule has 0 spiro atoms. The third-order valence-electron chi connectivity index (χ3n) is 5.77. The van der Waals surface area contributed by atoms with E-state index >= 15 is 0 Å². The second-order valence-electron chi connectivity index (χ2n) is 7.93. The first-order chi connectivity index (χ1) is 15.5. The summed E-state index contributed by atoms with van der Waals surface area (Å²) < 4.78 is 28.1. The van der Waals surface area contributed by atoms with Crippen LogP contribution in [0.1, 0.15) is 36.7 Å². The van der Waals surface area contributed by atoms with E-state index in [0.717, 1.165) is 55.0 Å². The molecule has 3 aromatic rings. The van der Waals surface area contributed by atoms with Crippen LogP contribution in [0.3, 0.4) is 0 Å². The van der Waals surface area contributed by atoms with Gasteiger partial charge in [0.05, 0.1) is 23.1 Å². The van der Waals surface area contributed by atoms with Crippen molar-refractivity contribution >= 4 is 28.6 Å². The van der Waals surface area contributed by atoms with Crippen LogP contribution in [-0.2, 0) is 0 Å². The number of pyridine rings is 1. The van der Waals surface area contributed by atoms with Gasteiger partial charge in [0.2, 0.25) is 0 Å². The molecule has 168 valence electrons. The molecule has 1 saturated heterocycles. The van der Waals surface area contributed by atoms with Gasteiger partial charge in [-0.05, 0) is 37.0 Å². The lowest BCUT2D eigenvalue weighted by Gasteiger charge is -2.38. The van der Waals surface area contributed by atoms with E-state index in [1.165, 1.54) is 11.4 Å². The molecule has 1 amide bonds. The molecular weight excluding hydrogens is 432 g/mol. The number of halogens is 2. The highest BCUT2D eigenvalue weighted by Crippen LogP contribution is 2.32. The zero-order valence-electron chi connectivity index (χ0n) is 17.7. The van der Waals surface area contributed by atoms with Crippen molar-refractivity contribution in [3.05, 3.63) is 59.4 Å². The Kier molecular flexibility index (Phi) is 6.76. The second-order valence-corrected chi connectivity index (χ2v) is 8.79. The van der Waals surface area contributed by atoms with Crippen LogP contribution in [0.4, 0.5) is 20.2 Å². The molecule has 0 radical (unpaired) electrons. The number of rotatable bonds is 6. The van der Waals surface area contributed by atoms with Gasteiger partial charge in [-0.25, -0.2) is 13.8 Å². The van der Waals surface area contributed by atoms with Gasteiger partial charge in [-0.15, -0.1) is 11.3 Å². The zero-order chi connectivity index (χ0) is 22.7. The van der Waals surface area contributed by atoms with Crippen LogP contribution in [0.2, 0.25) is 0 Å². The van der Waals surface area contributed by atoms with Crippen molar-refractivity contribution in [3.8, 4) is 10.6 Å². The normalized spacial score (nSPS) is 18.6. The molecule has 9 heteroatoms.